The van der Waals surface area contributed by atoms with Gasteiger partial charge in [0.2, 0.25) is 0 Å². The van der Waals surface area contributed by atoms with Crippen molar-refractivity contribution in [2.75, 3.05) is 0 Å². The molecule has 0 saturated heterocycles. The lowest BCUT2D eigenvalue weighted by molar-refractivity contribution is -0.143. The van der Waals surface area contributed by atoms with E-state index in [0.29, 0.717) is 5.92 Å². The van der Waals surface area contributed by atoms with Crippen LogP contribution in [0.15, 0.2) is 24.3 Å². The maximum absolute atomic E-state index is 13.0. The molecule has 1 saturated carbocycles. The smallest absolute Gasteiger partial charge is 0.307 e. The first-order chi connectivity index (χ1) is 9.11. The third-order valence-corrected chi connectivity index (χ3v) is 4.27. The molecule has 0 aliphatic heterocycles. The Morgan fingerprint density at radius 1 is 1.32 bits per heavy atom. The Morgan fingerprint density at radius 2 is 2.00 bits per heavy atom. The molecule has 1 fully saturated rings. The number of aliphatic carboxylic acids is 1. The summed E-state index contributed by atoms with van der Waals surface area (Å²) in [6, 6.07) is 6.34. The number of halogens is 1. The first kappa shape index (κ1) is 14.0. The zero-order valence-corrected chi connectivity index (χ0v) is 11.3. The highest BCUT2D eigenvalue weighted by atomic mass is 19.1. The molecule has 1 aliphatic rings. The third kappa shape index (κ3) is 3.34. The van der Waals surface area contributed by atoms with Gasteiger partial charge in [-0.05, 0) is 48.8 Å². The number of carboxylic acids is 1. The lowest BCUT2D eigenvalue weighted by Gasteiger charge is -2.34. The van der Waals surface area contributed by atoms with Gasteiger partial charge in [0.15, 0.2) is 0 Å². The molecule has 1 aromatic carbocycles. The Hall–Kier alpha value is -1.38. The van der Waals surface area contributed by atoms with Gasteiger partial charge in [0, 0.05) is 0 Å². The number of rotatable bonds is 4. The second kappa shape index (κ2) is 6.18. The van der Waals surface area contributed by atoms with Crippen LogP contribution in [0.1, 0.15) is 50.5 Å². The molecule has 104 valence electrons. The molecule has 1 aliphatic carbocycles. The minimum Gasteiger partial charge on any atom is -0.481 e. The Morgan fingerprint density at radius 3 is 2.58 bits per heavy atom. The highest BCUT2D eigenvalue weighted by Gasteiger charge is 2.35. The summed E-state index contributed by atoms with van der Waals surface area (Å²) in [4.78, 5) is 11.4. The monoisotopic (exact) mass is 264 g/mol. The van der Waals surface area contributed by atoms with Crippen molar-refractivity contribution in [3.05, 3.63) is 35.6 Å². The Labute approximate surface area is 113 Å². The molecule has 0 heterocycles. The van der Waals surface area contributed by atoms with Crippen molar-refractivity contribution in [1.82, 2.24) is 0 Å². The highest BCUT2D eigenvalue weighted by molar-refractivity contribution is 5.71. The van der Waals surface area contributed by atoms with Gasteiger partial charge in [-0.25, -0.2) is 4.39 Å². The molecule has 1 N–H and O–H groups in total. The summed E-state index contributed by atoms with van der Waals surface area (Å²) in [5, 5.41) is 9.37. The molecular weight excluding hydrogens is 243 g/mol. The minimum atomic E-state index is -0.718. The second-order valence-corrected chi connectivity index (χ2v) is 5.57. The summed E-state index contributed by atoms with van der Waals surface area (Å²) in [5.41, 5.74) is 0.967. The molecular formula is C16H21FO2. The average molecular weight is 264 g/mol. The first-order valence-corrected chi connectivity index (χ1v) is 7.10. The quantitative estimate of drug-likeness (QED) is 0.884. The summed E-state index contributed by atoms with van der Waals surface area (Å²) in [7, 11) is 0. The summed E-state index contributed by atoms with van der Waals surface area (Å²) in [6.45, 7) is 2.16. The molecule has 2 nitrogen and oxygen atoms in total. The van der Waals surface area contributed by atoms with E-state index < -0.39 is 5.97 Å². The van der Waals surface area contributed by atoms with Gasteiger partial charge in [-0.2, -0.15) is 0 Å². The van der Waals surface area contributed by atoms with Gasteiger partial charge in [0.1, 0.15) is 5.82 Å². The summed E-state index contributed by atoms with van der Waals surface area (Å²) in [5.74, 6) is -0.668. The molecule has 2 rings (SSSR count). The third-order valence-electron chi connectivity index (χ3n) is 4.27. The predicted octanol–water partition coefficient (Wildman–Crippen LogP) is 4.21. The van der Waals surface area contributed by atoms with E-state index in [1.165, 1.54) is 12.1 Å². The molecule has 0 amide bonds. The van der Waals surface area contributed by atoms with E-state index in [-0.39, 0.29) is 17.7 Å². The number of carboxylic acid groups (broad SMARTS) is 1. The van der Waals surface area contributed by atoms with Gasteiger partial charge in [0.05, 0.1) is 5.92 Å². The van der Waals surface area contributed by atoms with Gasteiger partial charge in [-0.1, -0.05) is 31.9 Å². The highest BCUT2D eigenvalue weighted by Crippen LogP contribution is 2.42. The van der Waals surface area contributed by atoms with Crippen LogP contribution < -0.4 is 0 Å². The molecule has 19 heavy (non-hydrogen) atoms. The van der Waals surface area contributed by atoms with Gasteiger partial charge in [-0.15, -0.1) is 0 Å². The van der Waals surface area contributed by atoms with E-state index >= 15 is 0 Å². The largest absolute Gasteiger partial charge is 0.481 e. The van der Waals surface area contributed by atoms with E-state index in [2.05, 4.69) is 6.92 Å². The van der Waals surface area contributed by atoms with Crippen LogP contribution in [0.4, 0.5) is 4.39 Å². The van der Waals surface area contributed by atoms with Gasteiger partial charge in [-0.3, -0.25) is 4.79 Å². The fourth-order valence-corrected chi connectivity index (χ4v) is 3.30. The van der Waals surface area contributed by atoms with E-state index in [1.54, 1.807) is 12.1 Å². The topological polar surface area (TPSA) is 37.3 Å². The van der Waals surface area contributed by atoms with Crippen molar-refractivity contribution < 1.29 is 14.3 Å². The molecule has 0 spiro atoms. The molecule has 3 heteroatoms. The van der Waals surface area contributed by atoms with Crippen LogP contribution in [0.3, 0.4) is 0 Å². The van der Waals surface area contributed by atoms with Crippen molar-refractivity contribution in [1.29, 1.82) is 0 Å². The Kier molecular flexibility index (Phi) is 4.56. The summed E-state index contributed by atoms with van der Waals surface area (Å²) in [6.07, 6.45) is 4.95. The molecule has 3 atom stereocenters. The van der Waals surface area contributed by atoms with Crippen molar-refractivity contribution in [3.63, 3.8) is 0 Å². The lowest BCUT2D eigenvalue weighted by Crippen LogP contribution is -2.29. The van der Waals surface area contributed by atoms with Crippen LogP contribution in [-0.2, 0) is 4.79 Å². The standard InChI is InChI=1S/C16H21FO2/c1-2-3-11-4-9-14(16(18)19)15(10-11)12-5-7-13(17)8-6-12/h5-8,11,14-15H,2-4,9-10H2,1H3,(H,18,19). The fourth-order valence-electron chi connectivity index (χ4n) is 3.30. The van der Waals surface area contributed by atoms with Gasteiger partial charge < -0.3 is 5.11 Å². The molecule has 0 aromatic heterocycles. The lowest BCUT2D eigenvalue weighted by atomic mass is 9.70. The zero-order chi connectivity index (χ0) is 13.8. The van der Waals surface area contributed by atoms with Crippen LogP contribution in [0, 0.1) is 17.7 Å². The van der Waals surface area contributed by atoms with Crippen LogP contribution in [0.25, 0.3) is 0 Å². The SMILES string of the molecule is CCCC1CCC(C(=O)O)C(c2ccc(F)cc2)C1. The van der Waals surface area contributed by atoms with E-state index in [4.69, 9.17) is 0 Å². The van der Waals surface area contributed by atoms with Crippen molar-refractivity contribution in [2.45, 2.75) is 44.9 Å². The number of hydrogen-bond donors (Lipinski definition) is 1. The normalized spacial score (nSPS) is 27.2. The van der Waals surface area contributed by atoms with Crippen LogP contribution in [0.2, 0.25) is 0 Å². The minimum absolute atomic E-state index is 0.0309. The van der Waals surface area contributed by atoms with Crippen molar-refractivity contribution >= 4 is 5.97 Å². The molecule has 0 radical (unpaired) electrons. The molecule has 1 aromatic rings. The Balaban J connectivity index is 2.19. The van der Waals surface area contributed by atoms with E-state index in [9.17, 15) is 14.3 Å². The van der Waals surface area contributed by atoms with E-state index in [1.807, 2.05) is 0 Å². The molecule has 0 bridgehead atoms. The van der Waals surface area contributed by atoms with Crippen LogP contribution in [-0.4, -0.2) is 11.1 Å². The molecule has 3 unspecified atom stereocenters. The number of hydrogen-bond acceptors (Lipinski definition) is 1. The Bertz CT molecular complexity index is 427. The van der Waals surface area contributed by atoms with E-state index in [0.717, 1.165) is 37.7 Å². The predicted molar refractivity (Wildman–Crippen MR) is 72.5 cm³/mol. The van der Waals surface area contributed by atoms with Crippen LogP contribution in [0.5, 0.6) is 0 Å². The number of carbonyl (C=O) groups is 1. The van der Waals surface area contributed by atoms with Gasteiger partial charge in [0.25, 0.3) is 0 Å². The maximum atomic E-state index is 13.0. The second-order valence-electron chi connectivity index (χ2n) is 5.57. The number of benzene rings is 1. The average Bonchev–Trinajstić information content (AvgIpc) is 2.39. The fraction of sp³-hybridized carbons (Fsp3) is 0.562. The maximum Gasteiger partial charge on any atom is 0.307 e. The summed E-state index contributed by atoms with van der Waals surface area (Å²) >= 11 is 0. The zero-order valence-electron chi connectivity index (χ0n) is 11.3. The van der Waals surface area contributed by atoms with Crippen LogP contribution >= 0.6 is 0 Å². The first-order valence-electron chi connectivity index (χ1n) is 7.10. The van der Waals surface area contributed by atoms with Crippen molar-refractivity contribution in [3.8, 4) is 0 Å². The summed E-state index contributed by atoms with van der Waals surface area (Å²) < 4.78 is 13.0. The van der Waals surface area contributed by atoms with Crippen molar-refractivity contribution in [2.24, 2.45) is 11.8 Å². The van der Waals surface area contributed by atoms with Gasteiger partial charge >= 0.3 is 5.97 Å².